The summed E-state index contributed by atoms with van der Waals surface area (Å²) >= 11 is 0. The Bertz CT molecular complexity index is 1090. The number of quaternary nitrogens is 1. The fourth-order valence-corrected chi connectivity index (χ4v) is 7.53. The van der Waals surface area contributed by atoms with E-state index in [1.54, 1.807) is 0 Å². The van der Waals surface area contributed by atoms with E-state index < -0.39 is 18.1 Å². The van der Waals surface area contributed by atoms with E-state index in [0.717, 1.165) is 51.4 Å². The van der Waals surface area contributed by atoms with Gasteiger partial charge in [0.2, 0.25) is 0 Å². The molecule has 8 heteroatoms. The van der Waals surface area contributed by atoms with Gasteiger partial charge in [-0.2, -0.15) is 0 Å². The van der Waals surface area contributed by atoms with Gasteiger partial charge < -0.3 is 23.8 Å². The van der Waals surface area contributed by atoms with E-state index in [0.29, 0.717) is 19.3 Å². The first-order chi connectivity index (χ1) is 29.6. The first-order valence-electron chi connectivity index (χ1n) is 25.5. The smallest absolute Gasteiger partial charge is 0.362 e. The van der Waals surface area contributed by atoms with Gasteiger partial charge in [0.1, 0.15) is 6.61 Å². The van der Waals surface area contributed by atoms with Crippen LogP contribution < -0.4 is 0 Å². The number of carboxylic acid groups (broad SMARTS) is 1. The Kier molecular flexibility index (Phi) is 42.4. The lowest BCUT2D eigenvalue weighted by molar-refractivity contribution is -0.887. The molecule has 0 rings (SSSR count). The van der Waals surface area contributed by atoms with Crippen molar-refractivity contribution in [1.29, 1.82) is 0 Å². The summed E-state index contributed by atoms with van der Waals surface area (Å²) in [7, 11) is 5.53. The number of nitrogens with zero attached hydrogens (tertiary/aromatic N) is 1. The summed E-state index contributed by atoms with van der Waals surface area (Å²) in [5.41, 5.74) is 0. The van der Waals surface area contributed by atoms with Crippen LogP contribution in [0.4, 0.5) is 0 Å². The number of likely N-dealkylation sites (N-methyl/N-ethyl adjacent to an activating group) is 1. The number of aliphatic carboxylic acids is 1. The van der Waals surface area contributed by atoms with Crippen molar-refractivity contribution in [2.75, 3.05) is 41.0 Å². The molecule has 0 aliphatic rings. The number of unbranched alkanes of at least 4 members (excludes halogenated alkanes) is 26. The second-order valence-corrected chi connectivity index (χ2v) is 18.4. The first-order valence-corrected chi connectivity index (χ1v) is 25.5. The Morgan fingerprint density at radius 2 is 0.869 bits per heavy atom. The van der Waals surface area contributed by atoms with Crippen molar-refractivity contribution in [3.05, 3.63) is 36.5 Å². The molecule has 0 saturated carbocycles. The molecular formula is C53H98NO7+. The van der Waals surface area contributed by atoms with E-state index >= 15 is 0 Å². The van der Waals surface area contributed by atoms with Gasteiger partial charge in [-0.15, -0.1) is 0 Å². The Labute approximate surface area is 376 Å². The van der Waals surface area contributed by atoms with Crippen LogP contribution in [0.15, 0.2) is 36.5 Å². The van der Waals surface area contributed by atoms with Crippen LogP contribution in [-0.2, 0) is 28.6 Å². The highest BCUT2D eigenvalue weighted by Crippen LogP contribution is 2.15. The molecule has 0 aromatic rings. The quantitative estimate of drug-likeness (QED) is 0.0282. The van der Waals surface area contributed by atoms with Crippen LogP contribution in [0.5, 0.6) is 0 Å². The van der Waals surface area contributed by atoms with Crippen molar-refractivity contribution < 1.29 is 38.2 Å². The molecule has 0 aromatic heterocycles. The highest BCUT2D eigenvalue weighted by atomic mass is 16.6. The topological polar surface area (TPSA) is 99.1 Å². The number of rotatable bonds is 46. The van der Waals surface area contributed by atoms with Crippen LogP contribution in [-0.4, -0.2) is 80.6 Å². The van der Waals surface area contributed by atoms with Crippen LogP contribution in [0.3, 0.4) is 0 Å². The number of carbonyl (C=O) groups excluding carboxylic acids is 2. The summed E-state index contributed by atoms with van der Waals surface area (Å²) in [6.45, 7) is 4.74. The SMILES string of the molecule is CCCCCCC/C=C\C/C=C\CCCCCCCCCCCC(=O)OC(COCCC(C(=O)O)[N+](C)(C)C)COC(=O)CCCCCCC/C=C\CCCCCCCCC. The maximum Gasteiger partial charge on any atom is 0.362 e. The van der Waals surface area contributed by atoms with Crippen LogP contribution in [0.2, 0.25) is 0 Å². The summed E-state index contributed by atoms with van der Waals surface area (Å²) in [6, 6.07) is -0.616. The average Bonchev–Trinajstić information content (AvgIpc) is 3.22. The molecule has 0 aromatic carbocycles. The first kappa shape index (κ1) is 58.6. The molecule has 0 bridgehead atoms. The van der Waals surface area contributed by atoms with Crippen molar-refractivity contribution in [3.8, 4) is 0 Å². The van der Waals surface area contributed by atoms with Crippen LogP contribution in [0, 0.1) is 0 Å². The predicted octanol–water partition coefficient (Wildman–Crippen LogP) is 14.6. The van der Waals surface area contributed by atoms with E-state index in [9.17, 15) is 19.5 Å². The van der Waals surface area contributed by atoms with E-state index in [2.05, 4.69) is 50.3 Å². The van der Waals surface area contributed by atoms with Crippen molar-refractivity contribution >= 4 is 17.9 Å². The molecule has 2 unspecified atom stereocenters. The molecule has 0 spiro atoms. The lowest BCUT2D eigenvalue weighted by Crippen LogP contribution is -2.50. The van der Waals surface area contributed by atoms with Gasteiger partial charge in [-0.3, -0.25) is 9.59 Å². The Morgan fingerprint density at radius 1 is 0.492 bits per heavy atom. The maximum atomic E-state index is 12.8. The minimum absolute atomic E-state index is 0.0552. The predicted molar refractivity (Wildman–Crippen MR) is 257 cm³/mol. The molecule has 0 radical (unpaired) electrons. The molecule has 61 heavy (non-hydrogen) atoms. The fraction of sp³-hybridized carbons (Fsp3) is 0.830. The summed E-state index contributed by atoms with van der Waals surface area (Å²) in [5, 5.41) is 9.65. The van der Waals surface area contributed by atoms with Crippen LogP contribution in [0.25, 0.3) is 0 Å². The summed E-state index contributed by atoms with van der Waals surface area (Å²) < 4.78 is 17.3. The molecule has 0 aliphatic heterocycles. The molecule has 0 saturated heterocycles. The van der Waals surface area contributed by atoms with Crippen molar-refractivity contribution in [2.45, 2.75) is 244 Å². The van der Waals surface area contributed by atoms with Gasteiger partial charge in [0, 0.05) is 19.3 Å². The van der Waals surface area contributed by atoms with Crippen LogP contribution >= 0.6 is 0 Å². The minimum atomic E-state index is -0.875. The van der Waals surface area contributed by atoms with E-state index in [1.165, 1.54) is 148 Å². The van der Waals surface area contributed by atoms with Crippen molar-refractivity contribution in [2.24, 2.45) is 0 Å². The molecule has 356 valence electrons. The fourth-order valence-electron chi connectivity index (χ4n) is 7.53. The zero-order valence-corrected chi connectivity index (χ0v) is 40.6. The molecule has 2 atom stereocenters. The minimum Gasteiger partial charge on any atom is -0.477 e. The van der Waals surface area contributed by atoms with E-state index in [1.807, 2.05) is 21.1 Å². The van der Waals surface area contributed by atoms with Crippen molar-refractivity contribution in [3.63, 3.8) is 0 Å². The number of hydrogen-bond acceptors (Lipinski definition) is 6. The van der Waals surface area contributed by atoms with Gasteiger partial charge in [0.25, 0.3) is 0 Å². The lowest BCUT2D eigenvalue weighted by atomic mass is 10.1. The number of ether oxygens (including phenoxy) is 3. The number of hydrogen-bond donors (Lipinski definition) is 1. The average molecular weight is 861 g/mol. The third-order valence-corrected chi connectivity index (χ3v) is 11.5. The van der Waals surface area contributed by atoms with Gasteiger partial charge in [-0.05, 0) is 70.6 Å². The molecular weight excluding hydrogens is 763 g/mol. The largest absolute Gasteiger partial charge is 0.477 e. The third-order valence-electron chi connectivity index (χ3n) is 11.5. The van der Waals surface area contributed by atoms with E-state index in [-0.39, 0.29) is 36.2 Å². The second-order valence-electron chi connectivity index (χ2n) is 18.4. The lowest BCUT2D eigenvalue weighted by Gasteiger charge is -2.31. The molecule has 0 aliphatic carbocycles. The van der Waals surface area contributed by atoms with Gasteiger partial charge >= 0.3 is 17.9 Å². The van der Waals surface area contributed by atoms with Gasteiger partial charge in [-0.1, -0.05) is 179 Å². The van der Waals surface area contributed by atoms with Gasteiger partial charge in [0.05, 0.1) is 34.4 Å². The maximum absolute atomic E-state index is 12.8. The summed E-state index contributed by atoms with van der Waals surface area (Å²) in [6.07, 6.45) is 51.9. The Hall–Kier alpha value is -2.45. The molecule has 8 nitrogen and oxygen atoms in total. The summed E-state index contributed by atoms with van der Waals surface area (Å²) in [5.74, 6) is -1.47. The highest BCUT2D eigenvalue weighted by molar-refractivity contribution is 5.72. The van der Waals surface area contributed by atoms with Crippen molar-refractivity contribution in [1.82, 2.24) is 0 Å². The molecule has 0 fully saturated rings. The highest BCUT2D eigenvalue weighted by Gasteiger charge is 2.31. The number of esters is 2. The zero-order valence-electron chi connectivity index (χ0n) is 40.6. The monoisotopic (exact) mass is 861 g/mol. The Balaban J connectivity index is 4.26. The number of carbonyl (C=O) groups is 3. The summed E-state index contributed by atoms with van der Waals surface area (Å²) in [4.78, 5) is 37.1. The molecule has 0 heterocycles. The molecule has 0 amide bonds. The Morgan fingerprint density at radius 3 is 1.28 bits per heavy atom. The second kappa shape index (κ2) is 44.2. The number of allylic oxidation sites excluding steroid dienone is 6. The third kappa shape index (κ3) is 42.6. The van der Waals surface area contributed by atoms with E-state index in [4.69, 9.17) is 14.2 Å². The molecule has 1 N–H and O–H groups in total. The normalized spacial score (nSPS) is 13.1. The van der Waals surface area contributed by atoms with Gasteiger partial charge in [-0.25, -0.2) is 4.79 Å². The number of carboxylic acids is 1. The van der Waals surface area contributed by atoms with Crippen LogP contribution in [0.1, 0.15) is 232 Å². The zero-order chi connectivity index (χ0) is 44.9. The standard InChI is InChI=1S/C53H97NO7/c1-6-8-10-12-14-16-18-20-22-24-25-26-27-28-30-32-34-36-38-40-42-44-52(56)61-49(47-59-46-45-50(53(57)58)54(3,4)5)48-60-51(55)43-41-39-37-35-33-31-29-23-21-19-17-15-13-11-9-7-2/h18,20,23-25,29,49-50H,6-17,19,21-22,26-28,30-48H2,1-5H3/p+1/b20-18-,25-24-,29-23-. The van der Waals surface area contributed by atoms with Gasteiger partial charge in [0.15, 0.2) is 12.1 Å².